The first-order valence-electron chi connectivity index (χ1n) is 10.1. The average molecular weight is 380 g/mol. The molecule has 1 atom stereocenters. The minimum atomic E-state index is -0.0419. The zero-order chi connectivity index (χ0) is 19.6. The first-order chi connectivity index (χ1) is 13.7. The number of amides is 2. The van der Waals surface area contributed by atoms with Gasteiger partial charge >= 0.3 is 0 Å². The SMILES string of the molecule is O=C(NCCCCN1CCCN[C@H](c2ccccc2)CC1=O)c1ccccc1. The molecule has 0 spiro atoms. The van der Waals surface area contributed by atoms with Gasteiger partial charge in [-0.15, -0.1) is 0 Å². The lowest BCUT2D eigenvalue weighted by atomic mass is 10.0. The van der Waals surface area contributed by atoms with Crippen LogP contribution >= 0.6 is 0 Å². The predicted octanol–water partition coefficient (Wildman–Crippen LogP) is 3.15. The first kappa shape index (κ1) is 20.1. The van der Waals surface area contributed by atoms with Gasteiger partial charge in [-0.3, -0.25) is 9.59 Å². The van der Waals surface area contributed by atoms with Gasteiger partial charge in [0, 0.05) is 37.7 Å². The molecule has 3 rings (SSSR count). The van der Waals surface area contributed by atoms with Crippen LogP contribution in [0.3, 0.4) is 0 Å². The summed E-state index contributed by atoms with van der Waals surface area (Å²) in [5.74, 6) is 0.161. The summed E-state index contributed by atoms with van der Waals surface area (Å²) in [4.78, 5) is 26.7. The van der Waals surface area contributed by atoms with Crippen molar-refractivity contribution in [2.45, 2.75) is 31.7 Å². The Kier molecular flexibility index (Phi) is 7.62. The molecular weight excluding hydrogens is 350 g/mol. The van der Waals surface area contributed by atoms with Crippen LogP contribution in [0.15, 0.2) is 60.7 Å². The fourth-order valence-corrected chi connectivity index (χ4v) is 3.53. The molecule has 0 bridgehead atoms. The lowest BCUT2D eigenvalue weighted by Crippen LogP contribution is -2.40. The molecular formula is C23H29N3O2. The van der Waals surface area contributed by atoms with Crippen molar-refractivity contribution in [1.82, 2.24) is 15.5 Å². The number of carbonyl (C=O) groups excluding carboxylic acids is 2. The number of unbranched alkanes of at least 4 members (excludes halogenated alkanes) is 1. The van der Waals surface area contributed by atoms with Crippen molar-refractivity contribution in [2.24, 2.45) is 0 Å². The Morgan fingerprint density at radius 3 is 2.50 bits per heavy atom. The highest BCUT2D eigenvalue weighted by molar-refractivity contribution is 5.94. The third kappa shape index (κ3) is 5.92. The molecule has 1 saturated heterocycles. The molecule has 1 aliphatic rings. The van der Waals surface area contributed by atoms with Gasteiger partial charge in [-0.05, 0) is 43.5 Å². The van der Waals surface area contributed by atoms with Crippen molar-refractivity contribution in [1.29, 1.82) is 0 Å². The van der Waals surface area contributed by atoms with Crippen LogP contribution in [0.1, 0.15) is 47.6 Å². The summed E-state index contributed by atoms with van der Waals surface area (Å²) in [7, 11) is 0. The molecule has 0 aromatic heterocycles. The summed E-state index contributed by atoms with van der Waals surface area (Å²) < 4.78 is 0. The fourth-order valence-electron chi connectivity index (χ4n) is 3.53. The third-order valence-electron chi connectivity index (χ3n) is 5.11. The van der Waals surface area contributed by atoms with E-state index in [0.717, 1.165) is 38.9 Å². The number of nitrogens with zero attached hydrogens (tertiary/aromatic N) is 1. The van der Waals surface area contributed by atoms with Gasteiger partial charge in [0.25, 0.3) is 5.91 Å². The van der Waals surface area contributed by atoms with Gasteiger partial charge in [0.15, 0.2) is 0 Å². The monoisotopic (exact) mass is 379 g/mol. The molecule has 0 aliphatic carbocycles. The Bertz CT molecular complexity index is 749. The Morgan fingerprint density at radius 2 is 1.75 bits per heavy atom. The van der Waals surface area contributed by atoms with Crippen LogP contribution < -0.4 is 10.6 Å². The normalized spacial score (nSPS) is 17.6. The minimum absolute atomic E-state index is 0.0419. The Morgan fingerprint density at radius 1 is 1.04 bits per heavy atom. The average Bonchev–Trinajstić information content (AvgIpc) is 2.73. The van der Waals surface area contributed by atoms with Crippen LogP contribution in [0.4, 0.5) is 0 Å². The van der Waals surface area contributed by atoms with E-state index in [1.807, 2.05) is 53.4 Å². The van der Waals surface area contributed by atoms with Crippen LogP contribution in [0.2, 0.25) is 0 Å². The molecule has 148 valence electrons. The third-order valence-corrected chi connectivity index (χ3v) is 5.11. The number of hydrogen-bond donors (Lipinski definition) is 2. The van der Waals surface area contributed by atoms with E-state index in [4.69, 9.17) is 0 Å². The highest BCUT2D eigenvalue weighted by atomic mass is 16.2. The van der Waals surface area contributed by atoms with E-state index in [-0.39, 0.29) is 17.9 Å². The van der Waals surface area contributed by atoms with Gasteiger partial charge in [-0.25, -0.2) is 0 Å². The van der Waals surface area contributed by atoms with E-state index in [2.05, 4.69) is 22.8 Å². The van der Waals surface area contributed by atoms with Crippen molar-refractivity contribution >= 4 is 11.8 Å². The summed E-state index contributed by atoms with van der Waals surface area (Å²) in [6.45, 7) is 3.09. The summed E-state index contributed by atoms with van der Waals surface area (Å²) in [6.07, 6.45) is 3.21. The molecule has 2 aromatic rings. The fraction of sp³-hybridized carbons (Fsp3) is 0.391. The zero-order valence-electron chi connectivity index (χ0n) is 16.3. The lowest BCUT2D eigenvalue weighted by molar-refractivity contribution is -0.132. The van der Waals surface area contributed by atoms with Gasteiger partial charge < -0.3 is 15.5 Å². The maximum atomic E-state index is 12.7. The first-order valence-corrected chi connectivity index (χ1v) is 10.1. The molecule has 2 amide bonds. The Hall–Kier alpha value is -2.66. The smallest absolute Gasteiger partial charge is 0.251 e. The van der Waals surface area contributed by atoms with E-state index in [9.17, 15) is 9.59 Å². The lowest BCUT2D eigenvalue weighted by Gasteiger charge is -2.29. The van der Waals surface area contributed by atoms with Crippen LogP contribution in [-0.4, -0.2) is 42.9 Å². The van der Waals surface area contributed by atoms with Gasteiger partial charge in [0.05, 0.1) is 0 Å². The molecule has 5 heteroatoms. The summed E-state index contributed by atoms with van der Waals surface area (Å²) in [5.41, 5.74) is 1.85. The molecule has 5 nitrogen and oxygen atoms in total. The zero-order valence-corrected chi connectivity index (χ0v) is 16.3. The van der Waals surface area contributed by atoms with Crippen molar-refractivity contribution in [2.75, 3.05) is 26.2 Å². The van der Waals surface area contributed by atoms with Crippen LogP contribution in [-0.2, 0) is 4.79 Å². The second-order valence-corrected chi connectivity index (χ2v) is 7.18. The van der Waals surface area contributed by atoms with Crippen molar-refractivity contribution in [3.05, 3.63) is 71.8 Å². The van der Waals surface area contributed by atoms with E-state index in [0.29, 0.717) is 18.5 Å². The molecule has 1 aliphatic heterocycles. The summed E-state index contributed by atoms with van der Waals surface area (Å²) >= 11 is 0. The maximum absolute atomic E-state index is 12.7. The second kappa shape index (κ2) is 10.6. The van der Waals surface area contributed by atoms with Crippen molar-refractivity contribution < 1.29 is 9.59 Å². The number of hydrogen-bond acceptors (Lipinski definition) is 3. The molecule has 0 saturated carbocycles. The standard InChI is InChI=1S/C23H29N3O2/c27-22-18-21(19-10-3-1-4-11-19)24-15-9-17-26(22)16-8-7-14-25-23(28)20-12-5-2-6-13-20/h1-6,10-13,21,24H,7-9,14-18H2,(H,25,28)/t21-/m0/s1. The van der Waals surface area contributed by atoms with E-state index < -0.39 is 0 Å². The highest BCUT2D eigenvalue weighted by Gasteiger charge is 2.22. The number of nitrogens with one attached hydrogen (secondary N) is 2. The van der Waals surface area contributed by atoms with E-state index >= 15 is 0 Å². The minimum Gasteiger partial charge on any atom is -0.352 e. The molecule has 2 N–H and O–H groups in total. The number of carbonyl (C=O) groups is 2. The van der Waals surface area contributed by atoms with E-state index in [1.54, 1.807) is 0 Å². The summed E-state index contributed by atoms with van der Waals surface area (Å²) in [6, 6.07) is 19.5. The highest BCUT2D eigenvalue weighted by Crippen LogP contribution is 2.19. The van der Waals surface area contributed by atoms with Gasteiger partial charge in [0.2, 0.25) is 5.91 Å². The topological polar surface area (TPSA) is 61.4 Å². The molecule has 0 radical (unpaired) electrons. The van der Waals surface area contributed by atoms with Crippen molar-refractivity contribution in [3.8, 4) is 0 Å². The largest absolute Gasteiger partial charge is 0.352 e. The van der Waals surface area contributed by atoms with Crippen LogP contribution in [0, 0.1) is 0 Å². The molecule has 1 heterocycles. The molecule has 0 unspecified atom stereocenters. The number of benzene rings is 2. The van der Waals surface area contributed by atoms with Gasteiger partial charge in [0.1, 0.15) is 0 Å². The van der Waals surface area contributed by atoms with Gasteiger partial charge in [-0.1, -0.05) is 48.5 Å². The van der Waals surface area contributed by atoms with Crippen LogP contribution in [0.5, 0.6) is 0 Å². The summed E-state index contributed by atoms with van der Waals surface area (Å²) in [5, 5.41) is 6.44. The van der Waals surface area contributed by atoms with Crippen molar-refractivity contribution in [3.63, 3.8) is 0 Å². The maximum Gasteiger partial charge on any atom is 0.251 e. The molecule has 28 heavy (non-hydrogen) atoms. The predicted molar refractivity (Wildman–Crippen MR) is 111 cm³/mol. The van der Waals surface area contributed by atoms with E-state index in [1.165, 1.54) is 5.56 Å². The van der Waals surface area contributed by atoms with Crippen LogP contribution in [0.25, 0.3) is 0 Å². The quantitative estimate of drug-likeness (QED) is 0.727. The second-order valence-electron chi connectivity index (χ2n) is 7.18. The number of rotatable bonds is 7. The van der Waals surface area contributed by atoms with Gasteiger partial charge in [-0.2, -0.15) is 0 Å². The Labute approximate surface area is 167 Å². The molecule has 2 aromatic carbocycles. The molecule has 1 fully saturated rings. The Balaban J connectivity index is 1.41.